The van der Waals surface area contributed by atoms with Crippen molar-refractivity contribution in [3.05, 3.63) is 29.8 Å². The molecule has 0 saturated heterocycles. The summed E-state index contributed by atoms with van der Waals surface area (Å²) in [7, 11) is -1.49. The van der Waals surface area contributed by atoms with Gasteiger partial charge in [0, 0.05) is 19.7 Å². The van der Waals surface area contributed by atoms with Crippen molar-refractivity contribution in [2.24, 2.45) is 0 Å². The van der Waals surface area contributed by atoms with Crippen LogP contribution in [-0.2, 0) is 16.4 Å². The number of sulfonamides is 1. The van der Waals surface area contributed by atoms with Crippen molar-refractivity contribution in [3.63, 3.8) is 0 Å². The summed E-state index contributed by atoms with van der Waals surface area (Å²) >= 11 is 0. The van der Waals surface area contributed by atoms with Gasteiger partial charge in [0.2, 0.25) is 10.0 Å². The summed E-state index contributed by atoms with van der Waals surface area (Å²) in [4.78, 5) is 2.29. The van der Waals surface area contributed by atoms with Gasteiger partial charge in [-0.15, -0.1) is 0 Å². The summed E-state index contributed by atoms with van der Waals surface area (Å²) in [6.45, 7) is 4.04. The van der Waals surface area contributed by atoms with Gasteiger partial charge in [0.05, 0.1) is 4.90 Å². The van der Waals surface area contributed by atoms with E-state index in [0.717, 1.165) is 12.1 Å². The van der Waals surface area contributed by atoms with E-state index >= 15 is 0 Å². The maximum Gasteiger partial charge on any atom is 0.240 e. The zero-order chi connectivity index (χ0) is 14.3. The number of nitrogens with zero attached hydrogens (tertiary/aromatic N) is 1. The highest BCUT2D eigenvalue weighted by Crippen LogP contribution is 2.10. The molecule has 6 heteroatoms. The van der Waals surface area contributed by atoms with Crippen LogP contribution < -0.4 is 4.72 Å². The van der Waals surface area contributed by atoms with E-state index in [4.69, 9.17) is 5.11 Å². The molecule has 0 atom stereocenters. The van der Waals surface area contributed by atoms with Gasteiger partial charge in [-0.05, 0) is 37.7 Å². The largest absolute Gasteiger partial charge is 0.396 e. The van der Waals surface area contributed by atoms with Gasteiger partial charge in [-0.2, -0.15) is 0 Å². The van der Waals surface area contributed by atoms with Crippen LogP contribution in [0, 0.1) is 0 Å². The van der Waals surface area contributed by atoms with E-state index in [9.17, 15) is 8.42 Å². The molecule has 0 aliphatic heterocycles. The van der Waals surface area contributed by atoms with Gasteiger partial charge >= 0.3 is 0 Å². The fourth-order valence-electron chi connectivity index (χ4n) is 1.58. The van der Waals surface area contributed by atoms with Gasteiger partial charge in [0.1, 0.15) is 0 Å². The number of likely N-dealkylation sites (N-methyl/N-ethyl adjacent to an activating group) is 1. The van der Waals surface area contributed by atoms with E-state index in [2.05, 4.69) is 4.72 Å². The molecule has 19 heavy (non-hydrogen) atoms. The first-order chi connectivity index (χ1) is 8.99. The molecule has 0 bridgehead atoms. The van der Waals surface area contributed by atoms with Crippen LogP contribution in [0.25, 0.3) is 0 Å². The number of aliphatic hydroxyl groups excluding tert-OH is 1. The Morgan fingerprint density at radius 2 is 1.89 bits per heavy atom. The van der Waals surface area contributed by atoms with E-state index in [-0.39, 0.29) is 11.5 Å². The van der Waals surface area contributed by atoms with E-state index < -0.39 is 10.0 Å². The van der Waals surface area contributed by atoms with Gasteiger partial charge < -0.3 is 10.0 Å². The summed E-state index contributed by atoms with van der Waals surface area (Å²) in [5.41, 5.74) is 0.923. The van der Waals surface area contributed by atoms with Crippen LogP contribution in [0.3, 0.4) is 0 Å². The van der Waals surface area contributed by atoms with Crippen LogP contribution in [0.2, 0.25) is 0 Å². The molecule has 1 aromatic rings. The quantitative estimate of drug-likeness (QED) is 0.728. The Labute approximate surface area is 115 Å². The van der Waals surface area contributed by atoms with Crippen LogP contribution in [0.15, 0.2) is 29.2 Å². The lowest BCUT2D eigenvalue weighted by molar-refractivity contribution is 0.299. The lowest BCUT2D eigenvalue weighted by atomic mass is 10.2. The van der Waals surface area contributed by atoms with E-state index in [1.54, 1.807) is 24.3 Å². The minimum absolute atomic E-state index is 0.0632. The number of benzene rings is 1. The third kappa shape index (κ3) is 5.28. The molecule has 0 aliphatic carbocycles. The Kier molecular flexibility index (Phi) is 6.44. The van der Waals surface area contributed by atoms with Crippen LogP contribution in [0.5, 0.6) is 0 Å². The van der Waals surface area contributed by atoms with Gasteiger partial charge in [0.25, 0.3) is 0 Å². The molecule has 0 heterocycles. The summed E-state index contributed by atoms with van der Waals surface area (Å²) in [6.07, 6.45) is 0.537. The predicted molar refractivity (Wildman–Crippen MR) is 75.6 cm³/mol. The molecule has 5 nitrogen and oxygen atoms in total. The summed E-state index contributed by atoms with van der Waals surface area (Å²) in [5, 5.41) is 8.81. The van der Waals surface area contributed by atoms with Gasteiger partial charge in [-0.25, -0.2) is 13.1 Å². The highest BCUT2D eigenvalue weighted by molar-refractivity contribution is 7.89. The van der Waals surface area contributed by atoms with Crippen LogP contribution in [0.4, 0.5) is 0 Å². The standard InChI is InChI=1S/C13H22N2O3S/c1-3-15(2)10-9-14-19(17,18)13-6-4-12(5-7-13)8-11-16/h4-7,14,16H,3,8-11H2,1-2H3. The second kappa shape index (κ2) is 7.59. The molecule has 0 fully saturated rings. The smallest absolute Gasteiger partial charge is 0.240 e. The molecule has 1 aromatic carbocycles. The van der Waals surface area contributed by atoms with Crippen molar-refractivity contribution in [2.75, 3.05) is 33.3 Å². The summed E-state index contributed by atoms with van der Waals surface area (Å²) in [6, 6.07) is 6.58. The molecule has 0 amide bonds. The Morgan fingerprint density at radius 1 is 1.26 bits per heavy atom. The molecular formula is C13H22N2O3S. The van der Waals surface area contributed by atoms with E-state index in [1.807, 2.05) is 18.9 Å². The van der Waals surface area contributed by atoms with Crippen molar-refractivity contribution < 1.29 is 13.5 Å². The highest BCUT2D eigenvalue weighted by Gasteiger charge is 2.13. The molecular weight excluding hydrogens is 264 g/mol. The molecule has 1 rings (SSSR count). The number of rotatable bonds is 8. The fourth-order valence-corrected chi connectivity index (χ4v) is 2.60. The fraction of sp³-hybridized carbons (Fsp3) is 0.538. The zero-order valence-corrected chi connectivity index (χ0v) is 12.3. The van der Waals surface area contributed by atoms with Gasteiger partial charge in [-0.1, -0.05) is 19.1 Å². The molecule has 0 aromatic heterocycles. The van der Waals surface area contributed by atoms with Crippen molar-refractivity contribution in [3.8, 4) is 0 Å². The maximum absolute atomic E-state index is 12.0. The van der Waals surface area contributed by atoms with Gasteiger partial charge in [0.15, 0.2) is 0 Å². The average molecular weight is 286 g/mol. The molecule has 108 valence electrons. The SMILES string of the molecule is CCN(C)CCNS(=O)(=O)c1ccc(CCO)cc1. The third-order valence-corrected chi connectivity index (χ3v) is 4.44. The monoisotopic (exact) mass is 286 g/mol. The van der Waals surface area contributed by atoms with Crippen LogP contribution in [-0.4, -0.2) is 51.7 Å². The van der Waals surface area contributed by atoms with Gasteiger partial charge in [-0.3, -0.25) is 0 Å². The molecule has 0 spiro atoms. The lowest BCUT2D eigenvalue weighted by Gasteiger charge is -2.14. The summed E-state index contributed by atoms with van der Waals surface area (Å²) in [5.74, 6) is 0. The first kappa shape index (κ1) is 16.1. The average Bonchev–Trinajstić information content (AvgIpc) is 2.39. The maximum atomic E-state index is 12.0. The van der Waals surface area contributed by atoms with Crippen molar-refractivity contribution >= 4 is 10.0 Å². The number of hydrogen-bond acceptors (Lipinski definition) is 4. The molecule has 0 radical (unpaired) electrons. The van der Waals surface area contributed by atoms with E-state index in [0.29, 0.717) is 19.5 Å². The summed E-state index contributed by atoms with van der Waals surface area (Å²) < 4.78 is 26.6. The Hall–Kier alpha value is -0.950. The number of hydrogen-bond donors (Lipinski definition) is 2. The topological polar surface area (TPSA) is 69.6 Å². The second-order valence-electron chi connectivity index (χ2n) is 4.41. The minimum Gasteiger partial charge on any atom is -0.396 e. The van der Waals surface area contributed by atoms with Crippen molar-refractivity contribution in [1.29, 1.82) is 0 Å². The first-order valence-corrected chi connectivity index (χ1v) is 7.86. The second-order valence-corrected chi connectivity index (χ2v) is 6.18. The molecule has 0 aliphatic rings. The molecule has 0 unspecified atom stereocenters. The predicted octanol–water partition coefficient (Wildman–Crippen LogP) is 0.451. The van der Waals surface area contributed by atoms with Crippen LogP contribution in [0.1, 0.15) is 12.5 Å². The number of nitrogens with one attached hydrogen (secondary N) is 1. The zero-order valence-electron chi connectivity index (χ0n) is 11.5. The van der Waals surface area contributed by atoms with Crippen molar-refractivity contribution in [2.45, 2.75) is 18.2 Å². The van der Waals surface area contributed by atoms with Crippen molar-refractivity contribution in [1.82, 2.24) is 9.62 Å². The Bertz CT molecular complexity index is 471. The minimum atomic E-state index is -3.44. The molecule has 2 N–H and O–H groups in total. The van der Waals surface area contributed by atoms with Crippen LogP contribution >= 0.6 is 0 Å². The Morgan fingerprint density at radius 3 is 2.42 bits per heavy atom. The molecule has 0 saturated carbocycles. The lowest BCUT2D eigenvalue weighted by Crippen LogP contribution is -2.32. The highest BCUT2D eigenvalue weighted by atomic mass is 32.2. The normalized spacial score (nSPS) is 12.0. The third-order valence-electron chi connectivity index (χ3n) is 2.96. The number of aliphatic hydroxyl groups is 1. The van der Waals surface area contributed by atoms with E-state index in [1.165, 1.54) is 0 Å². The Balaban J connectivity index is 2.61. The first-order valence-electron chi connectivity index (χ1n) is 6.37.